The van der Waals surface area contributed by atoms with Gasteiger partial charge in [0, 0.05) is 71.8 Å². The summed E-state index contributed by atoms with van der Waals surface area (Å²) >= 11 is 0. The Morgan fingerprint density at radius 3 is 2.81 bits per heavy atom. The second kappa shape index (κ2) is 12.3. The van der Waals surface area contributed by atoms with E-state index in [9.17, 15) is 9.59 Å². The fourth-order valence-electron chi connectivity index (χ4n) is 2.74. The lowest BCUT2D eigenvalue weighted by Gasteiger charge is -2.30. The third kappa shape index (κ3) is 7.98. The predicted molar refractivity (Wildman–Crippen MR) is 99.3 cm³/mol. The zero-order chi connectivity index (χ0) is 19.3. The summed E-state index contributed by atoms with van der Waals surface area (Å²) in [5.74, 6) is -0.280. The van der Waals surface area contributed by atoms with E-state index in [4.69, 9.17) is 9.47 Å². The number of nitrogens with zero attached hydrogens (tertiary/aromatic N) is 4. The van der Waals surface area contributed by atoms with Gasteiger partial charge in [0.2, 0.25) is 5.91 Å². The predicted octanol–water partition coefficient (Wildman–Crippen LogP) is -0.206. The highest BCUT2D eigenvalue weighted by Gasteiger charge is 2.20. The Morgan fingerprint density at radius 1 is 1.30 bits per heavy atom. The summed E-state index contributed by atoms with van der Waals surface area (Å²) in [6, 6.07) is 0. The molecule has 1 aromatic rings. The van der Waals surface area contributed by atoms with Gasteiger partial charge < -0.3 is 19.7 Å². The summed E-state index contributed by atoms with van der Waals surface area (Å²) in [5.41, 5.74) is 0.292. The molecule has 2 heterocycles. The maximum absolute atomic E-state index is 12.8. The highest BCUT2D eigenvalue weighted by atomic mass is 16.5. The van der Waals surface area contributed by atoms with Gasteiger partial charge in [0.15, 0.2) is 0 Å². The summed E-state index contributed by atoms with van der Waals surface area (Å²) in [5, 5.41) is 2.85. The van der Waals surface area contributed by atoms with Crippen molar-refractivity contribution in [3.63, 3.8) is 0 Å². The van der Waals surface area contributed by atoms with Crippen molar-refractivity contribution in [1.82, 2.24) is 25.1 Å². The fraction of sp³-hybridized carbons (Fsp3) is 0.667. The molecule has 0 aliphatic carbocycles. The molecule has 27 heavy (non-hydrogen) atoms. The van der Waals surface area contributed by atoms with E-state index in [1.807, 2.05) is 0 Å². The normalized spacial score (nSPS) is 14.7. The van der Waals surface area contributed by atoms with Crippen LogP contribution in [0.2, 0.25) is 0 Å². The van der Waals surface area contributed by atoms with Gasteiger partial charge in [-0.1, -0.05) is 0 Å². The number of aromatic nitrogens is 2. The summed E-state index contributed by atoms with van der Waals surface area (Å²) in [7, 11) is 1.63. The van der Waals surface area contributed by atoms with Crippen molar-refractivity contribution in [2.24, 2.45) is 0 Å². The molecule has 0 saturated carbocycles. The maximum atomic E-state index is 12.8. The lowest BCUT2D eigenvalue weighted by molar-refractivity contribution is -0.121. The summed E-state index contributed by atoms with van der Waals surface area (Å²) < 4.78 is 10.3. The van der Waals surface area contributed by atoms with Crippen LogP contribution in [-0.2, 0) is 14.3 Å². The van der Waals surface area contributed by atoms with Gasteiger partial charge in [0.25, 0.3) is 5.91 Å². The average Bonchev–Trinajstić information content (AvgIpc) is 2.72. The number of carbonyl (C=O) groups excluding carboxylic acids is 2. The van der Waals surface area contributed by atoms with E-state index in [1.54, 1.807) is 12.0 Å². The Labute approximate surface area is 160 Å². The number of methoxy groups -OCH3 is 1. The lowest BCUT2D eigenvalue weighted by atomic mass is 10.3. The van der Waals surface area contributed by atoms with E-state index in [0.717, 1.165) is 26.1 Å². The molecule has 1 saturated heterocycles. The first-order valence-corrected chi connectivity index (χ1v) is 9.31. The molecular weight excluding hydrogens is 350 g/mol. The Balaban J connectivity index is 1.86. The first-order chi connectivity index (χ1) is 13.2. The smallest absolute Gasteiger partial charge is 0.274 e. The van der Waals surface area contributed by atoms with E-state index in [2.05, 4.69) is 20.2 Å². The van der Waals surface area contributed by atoms with E-state index >= 15 is 0 Å². The molecule has 1 aliphatic rings. The summed E-state index contributed by atoms with van der Waals surface area (Å²) in [4.78, 5) is 36.8. The van der Waals surface area contributed by atoms with Gasteiger partial charge in [-0.05, 0) is 6.42 Å². The van der Waals surface area contributed by atoms with Gasteiger partial charge in [-0.15, -0.1) is 0 Å². The minimum absolute atomic E-state index is 0.0746. The molecule has 0 spiro atoms. The first-order valence-electron chi connectivity index (χ1n) is 9.31. The van der Waals surface area contributed by atoms with Gasteiger partial charge in [0.1, 0.15) is 5.69 Å². The second-order valence-corrected chi connectivity index (χ2v) is 6.28. The van der Waals surface area contributed by atoms with E-state index in [-0.39, 0.29) is 18.2 Å². The molecule has 1 fully saturated rings. The molecule has 1 N–H and O–H groups in total. The zero-order valence-corrected chi connectivity index (χ0v) is 15.9. The number of hydrogen-bond acceptors (Lipinski definition) is 7. The molecule has 1 aliphatic heterocycles. The number of carbonyl (C=O) groups is 2. The van der Waals surface area contributed by atoms with Crippen molar-refractivity contribution >= 4 is 11.8 Å². The van der Waals surface area contributed by atoms with Crippen LogP contribution in [0, 0.1) is 0 Å². The maximum Gasteiger partial charge on any atom is 0.274 e. The molecule has 9 nitrogen and oxygen atoms in total. The van der Waals surface area contributed by atoms with Gasteiger partial charge in [-0.3, -0.25) is 19.5 Å². The van der Waals surface area contributed by atoms with Crippen LogP contribution < -0.4 is 5.32 Å². The standard InChI is InChI=1S/C18H29N5O4/c1-26-12-2-4-21-17(24)3-7-23(9-8-22-10-13-27-14-11-22)18(25)16-15-19-5-6-20-16/h5-6,15H,2-4,7-14H2,1H3,(H,21,24). The van der Waals surface area contributed by atoms with E-state index in [1.165, 1.54) is 18.6 Å². The van der Waals surface area contributed by atoms with Gasteiger partial charge in [0.05, 0.1) is 19.4 Å². The van der Waals surface area contributed by atoms with Crippen molar-refractivity contribution in [1.29, 1.82) is 0 Å². The van der Waals surface area contributed by atoms with Crippen LogP contribution in [-0.4, -0.2) is 97.8 Å². The molecule has 2 amide bonds. The zero-order valence-electron chi connectivity index (χ0n) is 15.9. The van der Waals surface area contributed by atoms with E-state index in [0.29, 0.717) is 45.1 Å². The molecule has 9 heteroatoms. The van der Waals surface area contributed by atoms with Crippen molar-refractivity contribution in [3.8, 4) is 0 Å². The quantitative estimate of drug-likeness (QED) is 0.532. The van der Waals surface area contributed by atoms with Crippen LogP contribution in [0.15, 0.2) is 18.6 Å². The van der Waals surface area contributed by atoms with Crippen LogP contribution >= 0.6 is 0 Å². The van der Waals surface area contributed by atoms with Crippen LogP contribution in [0.4, 0.5) is 0 Å². The molecule has 150 valence electrons. The van der Waals surface area contributed by atoms with Gasteiger partial charge >= 0.3 is 0 Å². The Bertz CT molecular complexity index is 566. The number of morpholine rings is 1. The van der Waals surface area contributed by atoms with Crippen molar-refractivity contribution in [2.45, 2.75) is 12.8 Å². The first kappa shape index (κ1) is 21.2. The number of nitrogens with one attached hydrogen (secondary N) is 1. The van der Waals surface area contributed by atoms with Crippen LogP contribution in [0.3, 0.4) is 0 Å². The fourth-order valence-corrected chi connectivity index (χ4v) is 2.74. The minimum Gasteiger partial charge on any atom is -0.385 e. The highest BCUT2D eigenvalue weighted by Crippen LogP contribution is 2.04. The molecule has 0 radical (unpaired) electrons. The van der Waals surface area contributed by atoms with Gasteiger partial charge in [-0.2, -0.15) is 0 Å². The summed E-state index contributed by atoms with van der Waals surface area (Å²) in [6.45, 7) is 5.92. The monoisotopic (exact) mass is 379 g/mol. The molecule has 1 aromatic heterocycles. The molecule has 0 unspecified atom stereocenters. The molecule has 0 bridgehead atoms. The summed E-state index contributed by atoms with van der Waals surface area (Å²) in [6.07, 6.45) is 5.50. The van der Waals surface area contributed by atoms with Crippen LogP contribution in [0.1, 0.15) is 23.3 Å². The minimum atomic E-state index is -0.205. The number of hydrogen-bond donors (Lipinski definition) is 1. The Morgan fingerprint density at radius 2 is 2.11 bits per heavy atom. The molecule has 2 rings (SSSR count). The van der Waals surface area contributed by atoms with Crippen LogP contribution in [0.5, 0.6) is 0 Å². The number of ether oxygens (including phenoxy) is 2. The largest absolute Gasteiger partial charge is 0.385 e. The lowest BCUT2D eigenvalue weighted by Crippen LogP contribution is -2.44. The Hall–Kier alpha value is -2.10. The van der Waals surface area contributed by atoms with Crippen molar-refractivity contribution in [3.05, 3.63) is 24.3 Å². The second-order valence-electron chi connectivity index (χ2n) is 6.28. The average molecular weight is 379 g/mol. The number of rotatable bonds is 11. The molecule has 0 aromatic carbocycles. The molecular formula is C18H29N5O4. The van der Waals surface area contributed by atoms with Crippen LogP contribution in [0.25, 0.3) is 0 Å². The Kier molecular flexibility index (Phi) is 9.67. The number of amides is 2. The molecule has 0 atom stereocenters. The third-order valence-corrected chi connectivity index (χ3v) is 4.32. The SMILES string of the molecule is COCCCNC(=O)CCN(CCN1CCOCC1)C(=O)c1cnccn1. The van der Waals surface area contributed by atoms with Crippen molar-refractivity contribution in [2.75, 3.05) is 66.2 Å². The van der Waals surface area contributed by atoms with Crippen molar-refractivity contribution < 1.29 is 19.1 Å². The topological polar surface area (TPSA) is 96.9 Å². The van der Waals surface area contributed by atoms with E-state index < -0.39 is 0 Å². The van der Waals surface area contributed by atoms with Gasteiger partial charge in [-0.25, -0.2) is 4.98 Å². The highest BCUT2D eigenvalue weighted by molar-refractivity contribution is 5.92. The third-order valence-electron chi connectivity index (χ3n) is 4.32.